The summed E-state index contributed by atoms with van der Waals surface area (Å²) in [6.45, 7) is 4.03. The van der Waals surface area contributed by atoms with E-state index in [2.05, 4.69) is 15.4 Å². The molecule has 24 heavy (non-hydrogen) atoms. The molecule has 0 fully saturated rings. The average Bonchev–Trinajstić information content (AvgIpc) is 3.17. The zero-order chi connectivity index (χ0) is 16.8. The molecule has 3 aromatic heterocycles. The first-order valence-corrected chi connectivity index (χ1v) is 8.00. The fourth-order valence-electron chi connectivity index (χ4n) is 3.14. The Balaban J connectivity index is 2.08. The molecule has 1 aromatic carbocycles. The summed E-state index contributed by atoms with van der Waals surface area (Å²) in [7, 11) is 1.81. The highest BCUT2D eigenvalue weighted by atomic mass is 16.1. The van der Waals surface area contributed by atoms with Gasteiger partial charge in [-0.3, -0.25) is 9.89 Å². The highest BCUT2D eigenvalue weighted by molar-refractivity contribution is 5.86. The molecule has 0 amide bonds. The molecule has 0 spiro atoms. The Kier molecular flexibility index (Phi) is 3.19. The Hall–Kier alpha value is -3.02. The zero-order valence-corrected chi connectivity index (χ0v) is 13.8. The molecule has 0 aliphatic heterocycles. The molecule has 0 radical (unpaired) electrons. The van der Waals surface area contributed by atoms with E-state index < -0.39 is 0 Å². The van der Waals surface area contributed by atoms with Crippen molar-refractivity contribution in [3.05, 3.63) is 52.4 Å². The van der Waals surface area contributed by atoms with Crippen LogP contribution >= 0.6 is 0 Å². The normalized spacial score (nSPS) is 11.7. The predicted molar refractivity (Wildman–Crippen MR) is 96.7 cm³/mol. The van der Waals surface area contributed by atoms with Crippen molar-refractivity contribution in [1.29, 1.82) is 0 Å². The third kappa shape index (κ3) is 2.03. The minimum atomic E-state index is -0.0647. The van der Waals surface area contributed by atoms with Crippen molar-refractivity contribution in [3.8, 4) is 11.4 Å². The van der Waals surface area contributed by atoms with Gasteiger partial charge in [-0.15, -0.1) is 0 Å². The summed E-state index contributed by atoms with van der Waals surface area (Å²) in [6.07, 6.45) is 1.75. The smallest absolute Gasteiger partial charge is 0.276 e. The van der Waals surface area contributed by atoms with E-state index in [1.165, 1.54) is 4.52 Å². The first-order valence-electron chi connectivity index (χ1n) is 8.00. The lowest BCUT2D eigenvalue weighted by Gasteiger charge is -2.11. The summed E-state index contributed by atoms with van der Waals surface area (Å²) >= 11 is 0. The monoisotopic (exact) mass is 321 g/mol. The fraction of sp³-hybridized carbons (Fsp3) is 0.222. The van der Waals surface area contributed by atoms with E-state index in [-0.39, 0.29) is 11.5 Å². The highest BCUT2D eigenvalue weighted by Crippen LogP contribution is 2.29. The summed E-state index contributed by atoms with van der Waals surface area (Å²) in [5.41, 5.74) is 4.63. The third-order valence-corrected chi connectivity index (χ3v) is 4.33. The Morgan fingerprint density at radius 3 is 2.75 bits per heavy atom. The van der Waals surface area contributed by atoms with E-state index in [4.69, 9.17) is 4.98 Å². The first-order chi connectivity index (χ1) is 11.6. The van der Waals surface area contributed by atoms with Gasteiger partial charge < -0.3 is 10.3 Å². The van der Waals surface area contributed by atoms with Crippen LogP contribution < -0.4 is 10.9 Å². The number of benzene rings is 1. The van der Waals surface area contributed by atoms with E-state index in [0.717, 1.165) is 22.3 Å². The molecule has 6 heteroatoms. The molecule has 4 rings (SSSR count). The number of aromatic amines is 2. The van der Waals surface area contributed by atoms with Crippen LogP contribution in [0, 0.1) is 0 Å². The van der Waals surface area contributed by atoms with Crippen LogP contribution in [-0.2, 0) is 0 Å². The average molecular weight is 321 g/mol. The maximum Gasteiger partial charge on any atom is 0.276 e. The number of H-pyrrole nitrogens is 2. The van der Waals surface area contributed by atoms with Gasteiger partial charge in [-0.2, -0.15) is 4.52 Å². The SMILES string of the molecule is CNc1c[nH]n2c(=O)c(C(C)C)c(-c3cc4ccccc4[nH]3)nc12. The molecular formula is C18H19N5O. The summed E-state index contributed by atoms with van der Waals surface area (Å²) in [5.74, 6) is 0.0599. The Labute approximate surface area is 138 Å². The second-order valence-electron chi connectivity index (χ2n) is 6.20. The minimum Gasteiger partial charge on any atom is -0.384 e. The van der Waals surface area contributed by atoms with Gasteiger partial charge in [0.15, 0.2) is 5.65 Å². The van der Waals surface area contributed by atoms with E-state index in [1.54, 1.807) is 6.20 Å². The van der Waals surface area contributed by atoms with E-state index >= 15 is 0 Å². The second-order valence-corrected chi connectivity index (χ2v) is 6.20. The maximum atomic E-state index is 13.0. The number of rotatable bonds is 3. The molecule has 4 aromatic rings. The van der Waals surface area contributed by atoms with E-state index in [1.807, 2.05) is 51.2 Å². The number of hydrogen-bond donors (Lipinski definition) is 3. The molecule has 0 saturated carbocycles. The molecule has 3 heterocycles. The predicted octanol–water partition coefficient (Wildman–Crippen LogP) is 3.34. The zero-order valence-electron chi connectivity index (χ0n) is 13.8. The summed E-state index contributed by atoms with van der Waals surface area (Å²) in [4.78, 5) is 21.1. The summed E-state index contributed by atoms with van der Waals surface area (Å²) < 4.78 is 1.49. The van der Waals surface area contributed by atoms with Gasteiger partial charge in [0.2, 0.25) is 0 Å². The molecular weight excluding hydrogens is 302 g/mol. The molecule has 0 aliphatic carbocycles. The van der Waals surface area contributed by atoms with Gasteiger partial charge >= 0.3 is 0 Å². The van der Waals surface area contributed by atoms with Gasteiger partial charge in [-0.1, -0.05) is 32.0 Å². The molecule has 0 saturated heterocycles. The lowest BCUT2D eigenvalue weighted by atomic mass is 10.0. The van der Waals surface area contributed by atoms with Crippen LogP contribution in [0.5, 0.6) is 0 Å². The van der Waals surface area contributed by atoms with Crippen molar-refractivity contribution in [2.45, 2.75) is 19.8 Å². The second kappa shape index (κ2) is 5.26. The number of fused-ring (bicyclic) bond motifs is 2. The van der Waals surface area contributed by atoms with E-state index in [0.29, 0.717) is 16.9 Å². The third-order valence-electron chi connectivity index (χ3n) is 4.33. The van der Waals surface area contributed by atoms with Gasteiger partial charge in [-0.25, -0.2) is 4.98 Å². The van der Waals surface area contributed by atoms with Gasteiger partial charge in [0, 0.05) is 29.7 Å². The van der Waals surface area contributed by atoms with Crippen molar-refractivity contribution in [3.63, 3.8) is 0 Å². The standard InChI is InChI=1S/C18H19N5O/c1-10(2)15-16(13-8-11-6-4-5-7-12(11)21-13)22-17-14(19-3)9-20-23(17)18(15)24/h4-10,19-21H,1-3H3. The number of aromatic nitrogens is 4. The Bertz CT molecular complexity index is 1070. The summed E-state index contributed by atoms with van der Waals surface area (Å²) in [6, 6.07) is 10.1. The van der Waals surface area contributed by atoms with Crippen LogP contribution in [-0.4, -0.2) is 26.6 Å². The fourth-order valence-corrected chi connectivity index (χ4v) is 3.14. The number of nitrogens with zero attached hydrogens (tertiary/aromatic N) is 2. The molecule has 6 nitrogen and oxygen atoms in total. The maximum absolute atomic E-state index is 13.0. The number of hydrogen-bond acceptors (Lipinski definition) is 3. The molecule has 0 bridgehead atoms. The topological polar surface area (TPSA) is 78.0 Å². The van der Waals surface area contributed by atoms with Crippen LogP contribution in [0.1, 0.15) is 25.3 Å². The van der Waals surface area contributed by atoms with Crippen molar-refractivity contribution in [1.82, 2.24) is 19.6 Å². The lowest BCUT2D eigenvalue weighted by Crippen LogP contribution is -2.22. The minimum absolute atomic E-state index is 0.0599. The van der Waals surface area contributed by atoms with Crippen molar-refractivity contribution in [2.24, 2.45) is 0 Å². The van der Waals surface area contributed by atoms with Crippen LogP contribution in [0.3, 0.4) is 0 Å². The Morgan fingerprint density at radius 1 is 1.25 bits per heavy atom. The Morgan fingerprint density at radius 2 is 2.04 bits per heavy atom. The van der Waals surface area contributed by atoms with Gasteiger partial charge in [0.05, 0.1) is 17.1 Å². The highest BCUT2D eigenvalue weighted by Gasteiger charge is 2.20. The van der Waals surface area contributed by atoms with Crippen LogP contribution in [0.15, 0.2) is 41.3 Å². The number of para-hydroxylation sites is 1. The van der Waals surface area contributed by atoms with Crippen molar-refractivity contribution in [2.75, 3.05) is 12.4 Å². The van der Waals surface area contributed by atoms with Crippen molar-refractivity contribution < 1.29 is 0 Å². The largest absolute Gasteiger partial charge is 0.384 e. The molecule has 122 valence electrons. The molecule has 0 unspecified atom stereocenters. The summed E-state index contributed by atoms with van der Waals surface area (Å²) in [5, 5.41) is 7.15. The van der Waals surface area contributed by atoms with Crippen molar-refractivity contribution >= 4 is 22.2 Å². The first kappa shape index (κ1) is 14.6. The van der Waals surface area contributed by atoms with Gasteiger partial charge in [-0.05, 0) is 18.1 Å². The van der Waals surface area contributed by atoms with Crippen LogP contribution in [0.25, 0.3) is 27.9 Å². The quantitative estimate of drug-likeness (QED) is 0.541. The lowest BCUT2D eigenvalue weighted by molar-refractivity contribution is 0.797. The molecule has 3 N–H and O–H groups in total. The van der Waals surface area contributed by atoms with Crippen LogP contribution in [0.4, 0.5) is 5.69 Å². The molecule has 0 atom stereocenters. The van der Waals surface area contributed by atoms with Crippen LogP contribution in [0.2, 0.25) is 0 Å². The molecule has 0 aliphatic rings. The van der Waals surface area contributed by atoms with Gasteiger partial charge in [0.25, 0.3) is 5.56 Å². The number of nitrogens with one attached hydrogen (secondary N) is 3. The van der Waals surface area contributed by atoms with Gasteiger partial charge in [0.1, 0.15) is 0 Å². The van der Waals surface area contributed by atoms with E-state index in [9.17, 15) is 4.79 Å². The number of anilines is 1.